The lowest BCUT2D eigenvalue weighted by Crippen LogP contribution is -2.28. The van der Waals surface area contributed by atoms with Gasteiger partial charge < -0.3 is 9.64 Å². The standard InChI is InChI=1S/C12H16ClNO2/c1-3-14(7-8-16-2)12-10(9-15)5-4-6-11(12)13/h4-6,9H,3,7-8H2,1-2H3. The molecule has 0 aliphatic carbocycles. The molecule has 0 amide bonds. The molecule has 0 unspecified atom stereocenters. The van der Waals surface area contributed by atoms with Gasteiger partial charge >= 0.3 is 0 Å². The Kier molecular flexibility index (Phi) is 5.29. The van der Waals surface area contributed by atoms with Gasteiger partial charge in [0.25, 0.3) is 0 Å². The number of aldehydes is 1. The number of ether oxygens (including phenoxy) is 1. The van der Waals surface area contributed by atoms with Crippen molar-refractivity contribution in [2.24, 2.45) is 0 Å². The molecule has 16 heavy (non-hydrogen) atoms. The lowest BCUT2D eigenvalue weighted by molar-refractivity contribution is 0.112. The van der Waals surface area contributed by atoms with Gasteiger partial charge in [-0.05, 0) is 19.1 Å². The second-order valence-electron chi connectivity index (χ2n) is 3.37. The van der Waals surface area contributed by atoms with E-state index in [2.05, 4.69) is 0 Å². The molecule has 1 aromatic rings. The fourth-order valence-electron chi connectivity index (χ4n) is 1.59. The second-order valence-corrected chi connectivity index (χ2v) is 3.78. The number of carbonyl (C=O) groups excluding carboxylic acids is 1. The van der Waals surface area contributed by atoms with E-state index in [9.17, 15) is 4.79 Å². The first-order valence-electron chi connectivity index (χ1n) is 5.22. The number of benzene rings is 1. The van der Waals surface area contributed by atoms with E-state index >= 15 is 0 Å². The minimum atomic E-state index is 0.600. The van der Waals surface area contributed by atoms with Gasteiger partial charge in [0.15, 0.2) is 6.29 Å². The molecule has 88 valence electrons. The number of likely N-dealkylation sites (N-methyl/N-ethyl adjacent to an activating group) is 1. The van der Waals surface area contributed by atoms with Crippen molar-refractivity contribution in [3.8, 4) is 0 Å². The average Bonchev–Trinajstić information content (AvgIpc) is 2.31. The Labute approximate surface area is 101 Å². The third-order valence-corrected chi connectivity index (χ3v) is 2.71. The van der Waals surface area contributed by atoms with Crippen LogP contribution in [0.25, 0.3) is 0 Å². The summed E-state index contributed by atoms with van der Waals surface area (Å²) in [7, 11) is 1.65. The highest BCUT2D eigenvalue weighted by atomic mass is 35.5. The Morgan fingerprint density at radius 2 is 2.25 bits per heavy atom. The molecular weight excluding hydrogens is 226 g/mol. The van der Waals surface area contributed by atoms with Gasteiger partial charge in [-0.1, -0.05) is 17.7 Å². The number of nitrogens with zero attached hydrogens (tertiary/aromatic N) is 1. The van der Waals surface area contributed by atoms with Crippen LogP contribution in [0.5, 0.6) is 0 Å². The molecule has 0 bridgehead atoms. The van der Waals surface area contributed by atoms with Crippen LogP contribution in [-0.4, -0.2) is 33.1 Å². The van der Waals surface area contributed by atoms with E-state index in [4.69, 9.17) is 16.3 Å². The summed E-state index contributed by atoms with van der Waals surface area (Å²) in [6.45, 7) is 4.14. The van der Waals surface area contributed by atoms with Gasteiger partial charge in [0.1, 0.15) is 0 Å². The normalized spacial score (nSPS) is 10.2. The van der Waals surface area contributed by atoms with Crippen LogP contribution in [0.15, 0.2) is 18.2 Å². The van der Waals surface area contributed by atoms with Gasteiger partial charge in [0.05, 0.1) is 17.3 Å². The van der Waals surface area contributed by atoms with Crippen molar-refractivity contribution in [1.29, 1.82) is 0 Å². The number of halogens is 1. The number of rotatable bonds is 6. The first-order valence-corrected chi connectivity index (χ1v) is 5.60. The number of hydrogen-bond donors (Lipinski definition) is 0. The topological polar surface area (TPSA) is 29.5 Å². The van der Waals surface area contributed by atoms with Crippen molar-refractivity contribution >= 4 is 23.6 Å². The lowest BCUT2D eigenvalue weighted by Gasteiger charge is -2.25. The van der Waals surface area contributed by atoms with Crippen LogP contribution in [0.2, 0.25) is 5.02 Å². The van der Waals surface area contributed by atoms with E-state index in [1.807, 2.05) is 11.8 Å². The second kappa shape index (κ2) is 6.51. The molecule has 0 aromatic heterocycles. The van der Waals surface area contributed by atoms with Crippen LogP contribution in [0.1, 0.15) is 17.3 Å². The van der Waals surface area contributed by atoms with Crippen LogP contribution in [0, 0.1) is 0 Å². The Bertz CT molecular complexity index is 355. The van der Waals surface area contributed by atoms with E-state index in [-0.39, 0.29) is 0 Å². The highest BCUT2D eigenvalue weighted by Crippen LogP contribution is 2.28. The molecule has 0 atom stereocenters. The van der Waals surface area contributed by atoms with Crippen molar-refractivity contribution in [3.63, 3.8) is 0 Å². The number of carbonyl (C=O) groups is 1. The first-order chi connectivity index (χ1) is 7.74. The first kappa shape index (κ1) is 13.0. The monoisotopic (exact) mass is 241 g/mol. The van der Waals surface area contributed by atoms with Gasteiger partial charge in [0.2, 0.25) is 0 Å². The SMILES string of the molecule is CCN(CCOC)c1c(Cl)cccc1C=O. The summed E-state index contributed by atoms with van der Waals surface area (Å²) in [4.78, 5) is 13.0. The number of anilines is 1. The predicted octanol–water partition coefficient (Wildman–Crippen LogP) is 2.63. The summed E-state index contributed by atoms with van der Waals surface area (Å²) >= 11 is 6.12. The predicted molar refractivity (Wildman–Crippen MR) is 66.6 cm³/mol. The molecule has 1 aromatic carbocycles. The summed E-state index contributed by atoms with van der Waals surface area (Å²) in [5.74, 6) is 0. The Morgan fingerprint density at radius 3 is 2.81 bits per heavy atom. The van der Waals surface area contributed by atoms with Crippen molar-refractivity contribution in [1.82, 2.24) is 0 Å². The zero-order valence-corrected chi connectivity index (χ0v) is 10.3. The molecule has 1 rings (SSSR count). The molecule has 0 saturated heterocycles. The van der Waals surface area contributed by atoms with Crippen LogP contribution < -0.4 is 4.90 Å². The van der Waals surface area contributed by atoms with E-state index in [1.165, 1.54) is 0 Å². The number of methoxy groups -OCH3 is 1. The summed E-state index contributed by atoms with van der Waals surface area (Å²) in [5, 5.41) is 0.600. The highest BCUT2D eigenvalue weighted by Gasteiger charge is 2.12. The van der Waals surface area contributed by atoms with Gasteiger partial charge in [-0.25, -0.2) is 0 Å². The van der Waals surface area contributed by atoms with Crippen LogP contribution in [-0.2, 0) is 4.74 Å². The maximum atomic E-state index is 11.0. The van der Waals surface area contributed by atoms with Crippen LogP contribution in [0.4, 0.5) is 5.69 Å². The quantitative estimate of drug-likeness (QED) is 0.717. The average molecular weight is 242 g/mol. The van der Waals surface area contributed by atoms with Crippen LogP contribution >= 0.6 is 11.6 Å². The largest absolute Gasteiger partial charge is 0.383 e. The van der Waals surface area contributed by atoms with Gasteiger partial charge in [-0.2, -0.15) is 0 Å². The molecule has 0 aliphatic heterocycles. The zero-order valence-electron chi connectivity index (χ0n) is 9.57. The van der Waals surface area contributed by atoms with Crippen molar-refractivity contribution in [2.45, 2.75) is 6.92 Å². The van der Waals surface area contributed by atoms with Crippen molar-refractivity contribution in [3.05, 3.63) is 28.8 Å². The number of hydrogen-bond acceptors (Lipinski definition) is 3. The molecule has 0 N–H and O–H groups in total. The molecule has 0 radical (unpaired) electrons. The van der Waals surface area contributed by atoms with Gasteiger partial charge in [-0.15, -0.1) is 0 Å². The summed E-state index contributed by atoms with van der Waals surface area (Å²) < 4.78 is 5.04. The molecule has 0 heterocycles. The Hall–Kier alpha value is -1.06. The van der Waals surface area contributed by atoms with E-state index in [1.54, 1.807) is 25.3 Å². The summed E-state index contributed by atoms with van der Waals surface area (Å²) in [6, 6.07) is 5.34. The molecular formula is C12H16ClNO2. The third-order valence-electron chi connectivity index (χ3n) is 2.41. The highest BCUT2D eigenvalue weighted by molar-refractivity contribution is 6.33. The molecule has 3 nitrogen and oxygen atoms in total. The minimum absolute atomic E-state index is 0.600. The van der Waals surface area contributed by atoms with Crippen molar-refractivity contribution in [2.75, 3.05) is 31.7 Å². The Morgan fingerprint density at radius 1 is 1.50 bits per heavy atom. The lowest BCUT2D eigenvalue weighted by atomic mass is 10.1. The van der Waals surface area contributed by atoms with Gasteiger partial charge in [0, 0.05) is 25.8 Å². The van der Waals surface area contributed by atoms with Crippen molar-refractivity contribution < 1.29 is 9.53 Å². The van der Waals surface area contributed by atoms with E-state index < -0.39 is 0 Å². The maximum Gasteiger partial charge on any atom is 0.152 e. The maximum absolute atomic E-state index is 11.0. The summed E-state index contributed by atoms with van der Waals surface area (Å²) in [6.07, 6.45) is 0.830. The van der Waals surface area contributed by atoms with Crippen LogP contribution in [0.3, 0.4) is 0 Å². The fraction of sp³-hybridized carbons (Fsp3) is 0.417. The smallest absolute Gasteiger partial charge is 0.152 e. The molecule has 4 heteroatoms. The van der Waals surface area contributed by atoms with E-state index in [0.717, 1.165) is 25.1 Å². The summed E-state index contributed by atoms with van der Waals surface area (Å²) in [5.41, 5.74) is 1.41. The number of para-hydroxylation sites is 1. The van der Waals surface area contributed by atoms with Gasteiger partial charge in [-0.3, -0.25) is 4.79 Å². The minimum Gasteiger partial charge on any atom is -0.383 e. The molecule has 0 fully saturated rings. The Balaban J connectivity index is 3.02. The zero-order chi connectivity index (χ0) is 12.0. The third kappa shape index (κ3) is 2.97. The van der Waals surface area contributed by atoms with E-state index in [0.29, 0.717) is 17.2 Å². The molecule has 0 saturated carbocycles. The molecule has 0 aliphatic rings. The fourth-order valence-corrected chi connectivity index (χ4v) is 1.89. The molecule has 0 spiro atoms.